The molecule has 1 saturated heterocycles. The Kier molecular flexibility index (Phi) is 7.35. The molecule has 34 heavy (non-hydrogen) atoms. The highest BCUT2D eigenvalue weighted by molar-refractivity contribution is 7.86. The molecule has 180 valence electrons. The molecule has 1 aliphatic rings. The summed E-state index contributed by atoms with van der Waals surface area (Å²) in [5.74, 6) is -0.651. The molecule has 1 aromatic heterocycles. The van der Waals surface area contributed by atoms with Gasteiger partial charge >= 0.3 is 0 Å². The van der Waals surface area contributed by atoms with E-state index in [-0.39, 0.29) is 11.7 Å². The summed E-state index contributed by atoms with van der Waals surface area (Å²) >= 11 is 1.27. The van der Waals surface area contributed by atoms with E-state index < -0.39 is 11.0 Å². The number of anilines is 3. The fourth-order valence-corrected chi connectivity index (χ4v) is 6.18. The van der Waals surface area contributed by atoms with Gasteiger partial charge in [-0.1, -0.05) is 6.07 Å². The molecule has 0 bridgehead atoms. The molecule has 6 nitrogen and oxygen atoms in total. The third kappa shape index (κ3) is 5.01. The summed E-state index contributed by atoms with van der Waals surface area (Å²) in [6.45, 7) is 10.8. The maximum Gasteiger partial charge on any atom is 0.267 e. The Morgan fingerprint density at radius 2 is 1.79 bits per heavy atom. The van der Waals surface area contributed by atoms with Gasteiger partial charge in [-0.2, -0.15) is 0 Å². The molecule has 1 amide bonds. The first-order valence-electron chi connectivity index (χ1n) is 11.0. The van der Waals surface area contributed by atoms with E-state index in [1.54, 1.807) is 18.4 Å². The Labute approximate surface area is 205 Å². The van der Waals surface area contributed by atoms with Gasteiger partial charge in [-0.05, 0) is 79.6 Å². The third-order valence-corrected chi connectivity index (χ3v) is 8.08. The Morgan fingerprint density at radius 1 is 1.06 bits per heavy atom. The number of aryl methyl sites for hydroxylation is 3. The lowest BCUT2D eigenvalue weighted by atomic mass is 10.0. The van der Waals surface area contributed by atoms with Crippen LogP contribution in [0.1, 0.15) is 31.9 Å². The number of nitrogens with one attached hydrogen (secondary N) is 2. The van der Waals surface area contributed by atoms with Crippen LogP contribution in [0, 0.1) is 33.5 Å². The summed E-state index contributed by atoms with van der Waals surface area (Å²) in [5, 5.41) is 4.86. The molecule has 3 aromatic rings. The van der Waals surface area contributed by atoms with Crippen LogP contribution < -0.4 is 14.9 Å². The number of ether oxygens (including phenoxy) is 1. The van der Waals surface area contributed by atoms with Crippen molar-refractivity contribution in [2.75, 3.05) is 41.2 Å². The molecule has 1 fully saturated rings. The van der Waals surface area contributed by atoms with Crippen molar-refractivity contribution in [1.29, 1.82) is 0 Å². The van der Waals surface area contributed by atoms with Gasteiger partial charge in [-0.15, -0.1) is 11.3 Å². The zero-order valence-corrected chi connectivity index (χ0v) is 21.3. The fourth-order valence-electron chi connectivity index (χ4n) is 4.35. The topological polar surface area (TPSA) is 70.7 Å². The number of carbonyl (C=O) groups excluding carboxylic acids is 1. The molecule has 0 aliphatic carbocycles. The van der Waals surface area contributed by atoms with Crippen LogP contribution >= 0.6 is 11.3 Å². The fraction of sp³-hybridized carbons (Fsp3) is 0.320. The first kappa shape index (κ1) is 24.4. The lowest BCUT2D eigenvalue weighted by Crippen LogP contribution is -2.37. The van der Waals surface area contributed by atoms with Gasteiger partial charge in [0, 0.05) is 24.5 Å². The molecule has 1 unspecified atom stereocenters. The highest BCUT2D eigenvalue weighted by atomic mass is 32.2. The van der Waals surface area contributed by atoms with Crippen molar-refractivity contribution >= 4 is 45.3 Å². The second-order valence-electron chi connectivity index (χ2n) is 8.36. The lowest BCUT2D eigenvalue weighted by molar-refractivity contribution is 0.103. The molecular formula is C25H28FN3O3S2. The zero-order valence-electron chi connectivity index (χ0n) is 19.7. The van der Waals surface area contributed by atoms with Crippen molar-refractivity contribution in [2.24, 2.45) is 0 Å². The Morgan fingerprint density at radius 3 is 2.50 bits per heavy atom. The summed E-state index contributed by atoms with van der Waals surface area (Å²) in [7, 11) is -1.63. The highest BCUT2D eigenvalue weighted by Gasteiger charge is 2.22. The molecule has 0 saturated carbocycles. The van der Waals surface area contributed by atoms with E-state index in [1.165, 1.54) is 35.1 Å². The number of morpholine rings is 1. The number of rotatable bonds is 6. The van der Waals surface area contributed by atoms with Crippen molar-refractivity contribution in [3.8, 4) is 0 Å². The van der Waals surface area contributed by atoms with E-state index in [9.17, 15) is 13.4 Å². The van der Waals surface area contributed by atoms with Crippen LogP contribution in [0.15, 0.2) is 40.6 Å². The number of carbonyl (C=O) groups is 1. The quantitative estimate of drug-likeness (QED) is 0.478. The van der Waals surface area contributed by atoms with Crippen LogP contribution in [0.5, 0.6) is 0 Å². The maximum atomic E-state index is 13.4. The Hall–Kier alpha value is -2.75. The van der Waals surface area contributed by atoms with E-state index in [4.69, 9.17) is 4.74 Å². The van der Waals surface area contributed by atoms with Crippen LogP contribution in [0.25, 0.3) is 0 Å². The van der Waals surface area contributed by atoms with Gasteiger partial charge in [0.1, 0.15) is 10.7 Å². The Bertz CT molecular complexity index is 1250. The van der Waals surface area contributed by atoms with Crippen molar-refractivity contribution in [1.82, 2.24) is 0 Å². The summed E-state index contributed by atoms with van der Waals surface area (Å²) in [6, 6.07) is 7.92. The minimum Gasteiger partial charge on any atom is -0.378 e. The number of thiophene rings is 1. The largest absolute Gasteiger partial charge is 0.378 e. The summed E-state index contributed by atoms with van der Waals surface area (Å²) < 4.78 is 34.7. The molecule has 0 spiro atoms. The highest BCUT2D eigenvalue weighted by Crippen LogP contribution is 2.35. The van der Waals surface area contributed by atoms with Crippen molar-refractivity contribution in [3.63, 3.8) is 0 Å². The smallest absolute Gasteiger partial charge is 0.267 e. The first-order chi connectivity index (χ1) is 16.3. The van der Waals surface area contributed by atoms with Gasteiger partial charge in [0.05, 0.1) is 23.8 Å². The zero-order chi connectivity index (χ0) is 24.4. The van der Waals surface area contributed by atoms with Crippen LogP contribution in [-0.4, -0.2) is 36.4 Å². The molecule has 1 aliphatic heterocycles. The predicted molar refractivity (Wildman–Crippen MR) is 137 cm³/mol. The molecule has 4 rings (SSSR count). The Balaban J connectivity index is 1.57. The molecule has 2 N–H and O–H groups in total. The van der Waals surface area contributed by atoms with Gasteiger partial charge in [0.25, 0.3) is 5.91 Å². The minimum atomic E-state index is -1.63. The standard InChI is InChI=1S/C25H28FN3O3S2/c1-15-14-19(26)5-6-21(15)34(31)28-20-7-12-33-24(20)25(30)27-22-16(2)13-17(3)23(18(22)4)29-8-10-32-11-9-29/h5-7,12-14,28H,8-11H2,1-4H3,(H,27,30). The van der Waals surface area contributed by atoms with Crippen LogP contribution in [0.4, 0.5) is 21.5 Å². The van der Waals surface area contributed by atoms with Gasteiger partial charge in [-0.25, -0.2) is 8.60 Å². The summed E-state index contributed by atoms with van der Waals surface area (Å²) in [4.78, 5) is 16.5. The molecule has 9 heteroatoms. The average molecular weight is 502 g/mol. The molecular weight excluding hydrogens is 473 g/mol. The van der Waals surface area contributed by atoms with Crippen molar-refractivity contribution in [3.05, 3.63) is 68.7 Å². The van der Waals surface area contributed by atoms with E-state index in [0.29, 0.717) is 34.2 Å². The molecule has 2 heterocycles. The second-order valence-corrected chi connectivity index (χ2v) is 10.5. The normalized spacial score (nSPS) is 14.7. The summed E-state index contributed by atoms with van der Waals surface area (Å²) in [5.41, 5.74) is 6.13. The SMILES string of the molecule is Cc1cc(F)ccc1S(=O)Nc1ccsc1C(=O)Nc1c(C)cc(C)c(N2CCOCC2)c1C. The van der Waals surface area contributed by atoms with Crippen LogP contribution in [0.2, 0.25) is 0 Å². The van der Waals surface area contributed by atoms with Crippen LogP contribution in [0.3, 0.4) is 0 Å². The van der Waals surface area contributed by atoms with E-state index in [2.05, 4.69) is 27.9 Å². The number of benzene rings is 2. The van der Waals surface area contributed by atoms with E-state index in [1.807, 2.05) is 13.8 Å². The monoisotopic (exact) mass is 501 g/mol. The van der Waals surface area contributed by atoms with E-state index in [0.717, 1.165) is 35.6 Å². The van der Waals surface area contributed by atoms with Crippen molar-refractivity contribution in [2.45, 2.75) is 32.6 Å². The first-order valence-corrected chi connectivity index (χ1v) is 13.1. The molecule has 1 atom stereocenters. The number of hydrogen-bond donors (Lipinski definition) is 2. The molecule has 2 aromatic carbocycles. The second kappa shape index (κ2) is 10.2. The predicted octanol–water partition coefficient (Wildman–Crippen LogP) is 5.34. The van der Waals surface area contributed by atoms with Crippen molar-refractivity contribution < 1.29 is 18.1 Å². The minimum absolute atomic E-state index is 0.270. The third-order valence-electron chi connectivity index (χ3n) is 5.91. The van der Waals surface area contributed by atoms with Crippen LogP contribution in [-0.2, 0) is 15.7 Å². The number of amides is 1. The van der Waals surface area contributed by atoms with E-state index >= 15 is 0 Å². The van der Waals surface area contributed by atoms with Gasteiger partial charge < -0.3 is 15.0 Å². The average Bonchev–Trinajstić information content (AvgIpc) is 3.25. The van der Waals surface area contributed by atoms with Gasteiger partial charge in [-0.3, -0.25) is 9.52 Å². The number of halogens is 1. The number of nitrogens with zero attached hydrogens (tertiary/aromatic N) is 1. The van der Waals surface area contributed by atoms with Gasteiger partial charge in [0.2, 0.25) is 0 Å². The lowest BCUT2D eigenvalue weighted by Gasteiger charge is -2.32. The number of hydrogen-bond acceptors (Lipinski definition) is 5. The maximum absolute atomic E-state index is 13.4. The summed E-state index contributed by atoms with van der Waals surface area (Å²) in [6.07, 6.45) is 0. The van der Waals surface area contributed by atoms with Gasteiger partial charge in [0.15, 0.2) is 11.0 Å². The molecule has 0 radical (unpaired) electrons.